The topological polar surface area (TPSA) is 206 Å². The second-order valence-electron chi connectivity index (χ2n) is 4.56. The minimum Gasteiger partial charge on any atom is -0.354 e. The van der Waals surface area contributed by atoms with Crippen LogP contribution in [0, 0.1) is 97.6 Å². The Balaban J connectivity index is 0. The zero-order valence-corrected chi connectivity index (χ0v) is 15.6. The van der Waals surface area contributed by atoms with Crippen LogP contribution in [-0.4, -0.2) is 4.98 Å². The summed E-state index contributed by atoms with van der Waals surface area (Å²) in [7, 11) is 0. The van der Waals surface area contributed by atoms with Gasteiger partial charge in [0.05, 0.1) is 0 Å². The van der Waals surface area contributed by atoms with Crippen molar-refractivity contribution in [1.29, 1.82) is 42.1 Å². The minimum atomic E-state index is 1.22. The predicted octanol–water partition coefficient (Wildman–Crippen LogP) is 3.76. The van der Waals surface area contributed by atoms with Crippen LogP contribution >= 0.6 is 0 Å². The number of aromatic nitrogens is 1. The first-order chi connectivity index (χ1) is 14.5. The van der Waals surface area contributed by atoms with Crippen LogP contribution in [0.25, 0.3) is 21.8 Å². The highest BCUT2D eigenvalue weighted by Gasteiger charge is 2.03. The second-order valence-corrected chi connectivity index (χ2v) is 4.56. The highest BCUT2D eigenvalue weighted by Crippen LogP contribution is 2.26. The fourth-order valence-electron chi connectivity index (χ4n) is 2.02. The van der Waals surface area contributed by atoms with E-state index < -0.39 is 0 Å². The van der Waals surface area contributed by atoms with E-state index in [0.29, 0.717) is 0 Å². The standard InChI is InChI=1S/C13H11N.4C2N2/c1-9-5-4-7-11-10-6-2-3-8-12(10)14-13(9)11;4*3-1-2-4/h2-8,14H,1H3;;;;. The van der Waals surface area contributed by atoms with Gasteiger partial charge in [0.1, 0.15) is 0 Å². The van der Waals surface area contributed by atoms with Crippen LogP contribution in [0.1, 0.15) is 5.56 Å². The third-order valence-electron chi connectivity index (χ3n) is 2.95. The van der Waals surface area contributed by atoms with E-state index in [-0.39, 0.29) is 0 Å². The van der Waals surface area contributed by atoms with Gasteiger partial charge in [-0.05, 0) is 18.6 Å². The van der Waals surface area contributed by atoms with E-state index in [9.17, 15) is 0 Å². The lowest BCUT2D eigenvalue weighted by molar-refractivity contribution is 1.45. The van der Waals surface area contributed by atoms with Crippen LogP contribution in [0.4, 0.5) is 0 Å². The van der Waals surface area contributed by atoms with Crippen LogP contribution < -0.4 is 0 Å². The first-order valence-corrected chi connectivity index (χ1v) is 7.61. The molecule has 2 aromatic carbocycles. The van der Waals surface area contributed by atoms with E-state index in [2.05, 4.69) is 54.4 Å². The number of aromatic amines is 1. The quantitative estimate of drug-likeness (QED) is 0.597. The average Bonchev–Trinajstić information content (AvgIpc) is 3.20. The van der Waals surface area contributed by atoms with Gasteiger partial charge in [-0.2, -0.15) is 42.1 Å². The van der Waals surface area contributed by atoms with Crippen LogP contribution in [0.3, 0.4) is 0 Å². The normalized spacial score (nSPS) is 6.57. The average molecular weight is 389 g/mol. The maximum atomic E-state index is 7.26. The maximum absolute atomic E-state index is 7.26. The molecule has 0 fully saturated rings. The third kappa shape index (κ3) is 10.2. The highest BCUT2D eigenvalue weighted by molar-refractivity contribution is 6.08. The molecule has 0 saturated carbocycles. The number of rotatable bonds is 0. The van der Waals surface area contributed by atoms with Gasteiger partial charge in [0.15, 0.2) is 48.6 Å². The highest BCUT2D eigenvalue weighted by atomic mass is 14.7. The van der Waals surface area contributed by atoms with Gasteiger partial charge >= 0.3 is 0 Å². The molecular formula is C21H11N9. The molecule has 0 aliphatic carbocycles. The molecule has 30 heavy (non-hydrogen) atoms. The number of fused-ring (bicyclic) bond motifs is 3. The zero-order chi connectivity index (χ0) is 23.2. The Morgan fingerprint density at radius 2 is 0.933 bits per heavy atom. The van der Waals surface area contributed by atoms with Crippen LogP contribution in [0.15, 0.2) is 42.5 Å². The summed E-state index contributed by atoms with van der Waals surface area (Å²) in [5.74, 6) is 0. The molecule has 0 atom stereocenters. The van der Waals surface area contributed by atoms with E-state index in [4.69, 9.17) is 42.1 Å². The van der Waals surface area contributed by atoms with Crippen molar-refractivity contribution in [2.45, 2.75) is 6.92 Å². The second kappa shape index (κ2) is 18.0. The Morgan fingerprint density at radius 3 is 1.37 bits per heavy atom. The molecule has 0 spiro atoms. The first-order valence-electron chi connectivity index (χ1n) is 7.61. The first kappa shape index (κ1) is 26.4. The summed E-state index contributed by atoms with van der Waals surface area (Å²) in [6.07, 6.45) is 0. The molecule has 1 aromatic heterocycles. The van der Waals surface area contributed by atoms with Crippen molar-refractivity contribution in [3.05, 3.63) is 48.0 Å². The summed E-state index contributed by atoms with van der Waals surface area (Å²) in [5, 5.41) is 60.7. The fraction of sp³-hybridized carbons (Fsp3) is 0.0476. The number of hydrogen-bond donors (Lipinski definition) is 1. The van der Waals surface area contributed by atoms with Gasteiger partial charge in [0.25, 0.3) is 0 Å². The Kier molecular flexibility index (Phi) is 15.8. The van der Waals surface area contributed by atoms with E-state index in [0.717, 1.165) is 0 Å². The number of para-hydroxylation sites is 2. The van der Waals surface area contributed by atoms with Gasteiger partial charge in [0, 0.05) is 21.8 Å². The van der Waals surface area contributed by atoms with Crippen LogP contribution in [-0.2, 0) is 0 Å². The third-order valence-corrected chi connectivity index (χ3v) is 2.95. The number of nitrogens with one attached hydrogen (secondary N) is 1. The van der Waals surface area contributed by atoms with Gasteiger partial charge < -0.3 is 4.98 Å². The molecular weight excluding hydrogens is 378 g/mol. The van der Waals surface area contributed by atoms with Gasteiger partial charge in [-0.3, -0.25) is 0 Å². The molecule has 1 heterocycles. The van der Waals surface area contributed by atoms with E-state index in [1.807, 2.05) is 0 Å². The zero-order valence-electron chi connectivity index (χ0n) is 15.6. The number of aryl methyl sites for hydroxylation is 1. The molecule has 9 nitrogen and oxygen atoms in total. The lowest BCUT2D eigenvalue weighted by Gasteiger charge is -1.93. The summed E-state index contributed by atoms with van der Waals surface area (Å²) < 4.78 is 0. The van der Waals surface area contributed by atoms with Crippen molar-refractivity contribution >= 4 is 21.8 Å². The Hall–Kier alpha value is -5.84. The predicted molar refractivity (Wildman–Crippen MR) is 105 cm³/mol. The maximum Gasteiger partial charge on any atom is 0.181 e. The van der Waals surface area contributed by atoms with Gasteiger partial charge in [-0.1, -0.05) is 36.4 Å². The monoisotopic (exact) mass is 389 g/mol. The lowest BCUT2D eigenvalue weighted by Crippen LogP contribution is -1.73. The Labute approximate surface area is 172 Å². The van der Waals surface area contributed by atoms with Gasteiger partial charge in [-0.25, -0.2) is 0 Å². The largest absolute Gasteiger partial charge is 0.354 e. The van der Waals surface area contributed by atoms with Gasteiger partial charge in [-0.15, -0.1) is 0 Å². The molecule has 1 N–H and O–H groups in total. The van der Waals surface area contributed by atoms with Crippen molar-refractivity contribution < 1.29 is 0 Å². The van der Waals surface area contributed by atoms with Crippen LogP contribution in [0.5, 0.6) is 0 Å². The minimum absolute atomic E-state index is 1.22. The van der Waals surface area contributed by atoms with Crippen molar-refractivity contribution in [1.82, 2.24) is 4.98 Å². The molecule has 9 heteroatoms. The molecule has 140 valence electrons. The van der Waals surface area contributed by atoms with Crippen molar-refractivity contribution in [3.63, 3.8) is 0 Å². The number of benzene rings is 2. The molecule has 3 aromatic rings. The number of nitriles is 8. The molecule has 0 unspecified atom stereocenters. The number of H-pyrrole nitrogens is 1. The van der Waals surface area contributed by atoms with E-state index in [1.54, 1.807) is 0 Å². The molecule has 0 amide bonds. The summed E-state index contributed by atoms with van der Waals surface area (Å²) >= 11 is 0. The number of nitrogens with zero attached hydrogens (tertiary/aromatic N) is 8. The van der Waals surface area contributed by atoms with Crippen molar-refractivity contribution in [2.75, 3.05) is 0 Å². The SMILES string of the molecule is Cc1cccc2c1[nH]c1ccccc12.N#CC#N.N#CC#N.N#CC#N.N#CC#N. The molecule has 3 rings (SSSR count). The molecule has 0 radical (unpaired) electrons. The van der Waals surface area contributed by atoms with Gasteiger partial charge in [0.2, 0.25) is 0 Å². The fourth-order valence-corrected chi connectivity index (χ4v) is 2.02. The summed E-state index contributed by atoms with van der Waals surface area (Å²) in [6.45, 7) is 2.14. The molecule has 0 bridgehead atoms. The molecule has 0 aliphatic rings. The summed E-state index contributed by atoms with van der Waals surface area (Å²) in [4.78, 5) is 3.45. The Morgan fingerprint density at radius 1 is 0.533 bits per heavy atom. The van der Waals surface area contributed by atoms with E-state index in [1.165, 1.54) is 75.9 Å². The Bertz CT molecular complexity index is 1150. The summed E-state index contributed by atoms with van der Waals surface area (Å²) in [5.41, 5.74) is 3.78. The van der Waals surface area contributed by atoms with Crippen LogP contribution in [0.2, 0.25) is 0 Å². The molecule has 0 aliphatic heterocycles. The van der Waals surface area contributed by atoms with E-state index >= 15 is 0 Å². The smallest absolute Gasteiger partial charge is 0.181 e. The molecule has 0 saturated heterocycles. The van der Waals surface area contributed by atoms with Crippen molar-refractivity contribution in [3.8, 4) is 48.6 Å². The summed E-state index contributed by atoms with van der Waals surface area (Å²) in [6, 6.07) is 24.7. The number of hydrogen-bond acceptors (Lipinski definition) is 8. The van der Waals surface area contributed by atoms with Crippen molar-refractivity contribution in [2.24, 2.45) is 0 Å². The lowest BCUT2D eigenvalue weighted by atomic mass is 10.1.